The maximum atomic E-state index is 12.7. The minimum absolute atomic E-state index is 0.0157. The number of nitrogens with zero attached hydrogens (tertiary/aromatic N) is 1. The number of carbonyl (C=O) groups is 2. The van der Waals surface area contributed by atoms with E-state index in [1.165, 1.54) is 0 Å². The molecule has 0 spiro atoms. The molecule has 1 N–H and O–H groups in total. The van der Waals surface area contributed by atoms with Crippen molar-refractivity contribution in [2.24, 2.45) is 0 Å². The van der Waals surface area contributed by atoms with Crippen LogP contribution in [0.2, 0.25) is 5.02 Å². The number of aromatic carboxylic acids is 1. The Morgan fingerprint density at radius 3 is 2.41 bits per heavy atom. The van der Waals surface area contributed by atoms with Gasteiger partial charge in [-0.05, 0) is 49.2 Å². The van der Waals surface area contributed by atoms with Crippen molar-refractivity contribution >= 4 is 23.5 Å². The molecule has 1 unspecified atom stereocenters. The van der Waals surface area contributed by atoms with Crippen LogP contribution in [0.3, 0.4) is 0 Å². The van der Waals surface area contributed by atoms with Gasteiger partial charge in [0.15, 0.2) is 5.76 Å². The van der Waals surface area contributed by atoms with Crippen molar-refractivity contribution in [1.29, 1.82) is 0 Å². The van der Waals surface area contributed by atoms with Crippen molar-refractivity contribution in [1.82, 2.24) is 5.16 Å². The predicted molar refractivity (Wildman–Crippen MR) is 129 cm³/mol. The third kappa shape index (κ3) is 5.02. The number of ether oxygens (including phenoxy) is 1. The van der Waals surface area contributed by atoms with Gasteiger partial charge in [-0.25, -0.2) is 4.79 Å². The molecule has 0 fully saturated rings. The molecule has 4 rings (SSSR count). The molecule has 6 nitrogen and oxygen atoms in total. The summed E-state index contributed by atoms with van der Waals surface area (Å²) in [7, 11) is 0. The van der Waals surface area contributed by atoms with Crippen molar-refractivity contribution in [3.05, 3.63) is 100 Å². The molecule has 172 valence electrons. The number of carbonyl (C=O) groups excluding carboxylic acids is 1. The Morgan fingerprint density at radius 2 is 1.68 bits per heavy atom. The number of hydrogen-bond donors (Lipinski definition) is 1. The van der Waals surface area contributed by atoms with E-state index in [2.05, 4.69) is 5.16 Å². The lowest BCUT2D eigenvalue weighted by Gasteiger charge is -2.15. The van der Waals surface area contributed by atoms with Crippen molar-refractivity contribution in [3.8, 4) is 22.5 Å². The molecule has 1 aromatic heterocycles. The molecule has 0 saturated carbocycles. The Labute approximate surface area is 201 Å². The highest BCUT2D eigenvalue weighted by molar-refractivity contribution is 6.31. The summed E-state index contributed by atoms with van der Waals surface area (Å²) in [6.45, 7) is 3.54. The van der Waals surface area contributed by atoms with Crippen LogP contribution in [0.15, 0.2) is 77.3 Å². The summed E-state index contributed by atoms with van der Waals surface area (Å²) in [4.78, 5) is 24.1. The van der Waals surface area contributed by atoms with Gasteiger partial charge in [0.2, 0.25) is 0 Å². The predicted octanol–water partition coefficient (Wildman–Crippen LogP) is 6.52. The highest BCUT2D eigenvalue weighted by Gasteiger charge is 2.21. The highest BCUT2D eigenvalue weighted by atomic mass is 35.5. The molecular formula is C27H22ClNO5. The number of aromatic nitrogens is 1. The van der Waals surface area contributed by atoms with Gasteiger partial charge in [-0.3, -0.25) is 4.79 Å². The molecule has 4 aromatic rings. The summed E-state index contributed by atoms with van der Waals surface area (Å²) >= 11 is 6.22. The van der Waals surface area contributed by atoms with Crippen molar-refractivity contribution in [2.45, 2.75) is 26.4 Å². The van der Waals surface area contributed by atoms with Crippen molar-refractivity contribution < 1.29 is 24.0 Å². The number of benzene rings is 3. The molecular weight excluding hydrogens is 454 g/mol. The second-order valence-corrected chi connectivity index (χ2v) is 8.28. The largest absolute Gasteiger partial charge is 0.478 e. The Balaban J connectivity index is 1.58. The normalized spacial score (nSPS) is 11.7. The van der Waals surface area contributed by atoms with E-state index in [0.29, 0.717) is 22.0 Å². The van der Waals surface area contributed by atoms with Crippen LogP contribution in [0.1, 0.15) is 40.2 Å². The summed E-state index contributed by atoms with van der Waals surface area (Å²) < 4.78 is 11.2. The summed E-state index contributed by atoms with van der Waals surface area (Å²) in [5, 5.41) is 13.9. The number of esters is 1. The van der Waals surface area contributed by atoms with E-state index in [1.54, 1.807) is 38.1 Å². The fourth-order valence-electron chi connectivity index (χ4n) is 3.75. The lowest BCUT2D eigenvalue weighted by Crippen LogP contribution is -2.12. The van der Waals surface area contributed by atoms with Gasteiger partial charge in [0.1, 0.15) is 6.10 Å². The van der Waals surface area contributed by atoms with Crippen LogP contribution >= 0.6 is 11.6 Å². The van der Waals surface area contributed by atoms with Gasteiger partial charge in [0, 0.05) is 21.7 Å². The van der Waals surface area contributed by atoms with Gasteiger partial charge in [-0.1, -0.05) is 65.3 Å². The maximum Gasteiger partial charge on any atom is 0.335 e. The van der Waals surface area contributed by atoms with Gasteiger partial charge in [-0.15, -0.1) is 0 Å². The quantitative estimate of drug-likeness (QED) is 0.306. The number of rotatable bonds is 7. The van der Waals surface area contributed by atoms with Crippen molar-refractivity contribution in [2.75, 3.05) is 0 Å². The lowest BCUT2D eigenvalue weighted by molar-refractivity contribution is -0.147. The van der Waals surface area contributed by atoms with E-state index in [4.69, 9.17) is 20.9 Å². The first-order chi connectivity index (χ1) is 16.3. The second kappa shape index (κ2) is 9.93. The van der Waals surface area contributed by atoms with Gasteiger partial charge >= 0.3 is 11.9 Å². The van der Waals surface area contributed by atoms with Crippen LogP contribution in [-0.4, -0.2) is 22.2 Å². The Morgan fingerprint density at radius 1 is 1.00 bits per heavy atom. The molecule has 7 heteroatoms. The van der Waals surface area contributed by atoms with E-state index >= 15 is 0 Å². The number of aryl methyl sites for hydroxylation is 1. The summed E-state index contributed by atoms with van der Waals surface area (Å²) in [5.41, 5.74) is 4.46. The van der Waals surface area contributed by atoms with Crippen LogP contribution in [0.4, 0.5) is 0 Å². The van der Waals surface area contributed by atoms with Gasteiger partial charge in [-0.2, -0.15) is 0 Å². The fourth-order valence-corrected chi connectivity index (χ4v) is 4.04. The smallest absolute Gasteiger partial charge is 0.335 e. The number of halogens is 1. The van der Waals surface area contributed by atoms with E-state index in [0.717, 1.165) is 22.3 Å². The topological polar surface area (TPSA) is 89.6 Å². The van der Waals surface area contributed by atoms with Gasteiger partial charge in [0.25, 0.3) is 0 Å². The number of carboxylic acid groups (broad SMARTS) is 1. The summed E-state index contributed by atoms with van der Waals surface area (Å²) in [5.74, 6) is -0.947. The van der Waals surface area contributed by atoms with E-state index in [1.807, 2.05) is 48.5 Å². The minimum atomic E-state index is -0.990. The van der Waals surface area contributed by atoms with E-state index in [-0.39, 0.29) is 12.0 Å². The van der Waals surface area contributed by atoms with Crippen LogP contribution in [-0.2, 0) is 16.0 Å². The molecule has 0 radical (unpaired) electrons. The molecule has 3 aromatic carbocycles. The monoisotopic (exact) mass is 475 g/mol. The first kappa shape index (κ1) is 23.3. The summed E-state index contributed by atoms with van der Waals surface area (Å²) in [6.07, 6.45) is -0.521. The zero-order chi connectivity index (χ0) is 24.2. The highest BCUT2D eigenvalue weighted by Crippen LogP contribution is 2.32. The molecule has 0 aliphatic carbocycles. The molecule has 0 saturated heterocycles. The average molecular weight is 476 g/mol. The summed E-state index contributed by atoms with van der Waals surface area (Å²) in [6, 6.07) is 21.4. The van der Waals surface area contributed by atoms with Crippen LogP contribution in [0, 0.1) is 6.92 Å². The Hall–Kier alpha value is -3.90. The molecule has 0 aliphatic rings. The number of hydrogen-bond acceptors (Lipinski definition) is 5. The molecule has 0 aliphatic heterocycles. The van der Waals surface area contributed by atoms with Crippen LogP contribution in [0.25, 0.3) is 22.5 Å². The van der Waals surface area contributed by atoms with Crippen LogP contribution < -0.4 is 0 Å². The zero-order valence-corrected chi connectivity index (χ0v) is 19.4. The Bertz CT molecular complexity index is 1360. The first-order valence-corrected chi connectivity index (χ1v) is 11.0. The lowest BCUT2D eigenvalue weighted by atomic mass is 9.98. The van der Waals surface area contributed by atoms with E-state index in [9.17, 15) is 14.7 Å². The molecule has 34 heavy (non-hydrogen) atoms. The third-order valence-corrected chi connectivity index (χ3v) is 5.87. The maximum absolute atomic E-state index is 12.7. The van der Waals surface area contributed by atoms with Crippen LogP contribution in [0.5, 0.6) is 0 Å². The average Bonchev–Trinajstić information content (AvgIpc) is 3.19. The molecule has 1 heterocycles. The minimum Gasteiger partial charge on any atom is -0.478 e. The van der Waals surface area contributed by atoms with Crippen molar-refractivity contribution in [3.63, 3.8) is 0 Å². The SMILES string of the molecule is Cc1noc(-c2cccc(-c3cccc(C(=O)O)c3)c2)c1CC(=O)OC(C)c1ccccc1Cl. The number of carboxylic acids is 1. The van der Waals surface area contributed by atoms with E-state index < -0.39 is 18.0 Å². The Kier molecular flexibility index (Phi) is 6.80. The third-order valence-electron chi connectivity index (χ3n) is 5.52. The fraction of sp³-hybridized carbons (Fsp3) is 0.148. The zero-order valence-electron chi connectivity index (χ0n) is 18.6. The second-order valence-electron chi connectivity index (χ2n) is 7.87. The van der Waals surface area contributed by atoms with Gasteiger partial charge < -0.3 is 14.4 Å². The standard InChI is InChI=1S/C27H22ClNO5/c1-16-23(15-25(30)33-17(2)22-11-3-4-12-24(22)28)26(34-29-16)20-9-5-7-18(13-20)19-8-6-10-21(14-19)27(31)32/h3-14,17H,15H2,1-2H3,(H,31,32). The van der Waals surface area contributed by atoms with Gasteiger partial charge in [0.05, 0.1) is 17.7 Å². The first-order valence-electron chi connectivity index (χ1n) is 10.7. The molecule has 0 bridgehead atoms. The molecule has 0 amide bonds. The molecule has 1 atom stereocenters.